The van der Waals surface area contributed by atoms with E-state index in [2.05, 4.69) is 5.32 Å². The van der Waals surface area contributed by atoms with Gasteiger partial charge in [-0.2, -0.15) is 0 Å². The molecular weight excluding hydrogens is 610 g/mol. The first-order chi connectivity index (χ1) is 21.0. The van der Waals surface area contributed by atoms with Crippen LogP contribution < -0.4 is 28.6 Å². The van der Waals surface area contributed by atoms with E-state index in [4.69, 9.17) is 30.5 Å². The van der Waals surface area contributed by atoms with Crippen LogP contribution in [0.3, 0.4) is 0 Å². The second kappa shape index (κ2) is 15.5. The number of nitrogens with one attached hydrogen (secondary N) is 1. The number of amides is 2. The molecule has 0 bridgehead atoms. The number of halogens is 1. The number of carbonyl (C=O) groups is 2. The van der Waals surface area contributed by atoms with E-state index in [0.29, 0.717) is 23.6 Å². The SMILES string of the molecule is CCNC(=O)C(CC)N(Cc1cccc(OC)c1)C(=O)CN(c1cc(Cl)ccc1OC)S(=O)(=O)c1ccc(OC)c(OC)c1. The second-order valence-corrected chi connectivity index (χ2v) is 11.8. The van der Waals surface area contributed by atoms with E-state index in [1.165, 1.54) is 63.7 Å². The molecule has 3 rings (SSSR count). The van der Waals surface area contributed by atoms with Crippen LogP contribution in [0.25, 0.3) is 0 Å². The van der Waals surface area contributed by atoms with E-state index in [1.54, 1.807) is 44.2 Å². The van der Waals surface area contributed by atoms with Gasteiger partial charge in [-0.05, 0) is 61.4 Å². The van der Waals surface area contributed by atoms with Gasteiger partial charge in [-0.15, -0.1) is 0 Å². The highest BCUT2D eigenvalue weighted by Crippen LogP contribution is 2.37. The monoisotopic (exact) mass is 647 g/mol. The topological polar surface area (TPSA) is 124 Å². The van der Waals surface area contributed by atoms with E-state index < -0.39 is 28.5 Å². The molecule has 0 spiro atoms. The highest BCUT2D eigenvalue weighted by Gasteiger charge is 2.35. The molecule has 238 valence electrons. The molecule has 0 aliphatic carbocycles. The molecular formula is C31H38ClN3O8S. The summed E-state index contributed by atoms with van der Waals surface area (Å²) in [5, 5.41) is 3.00. The number of hydrogen-bond acceptors (Lipinski definition) is 8. The zero-order chi connectivity index (χ0) is 32.4. The zero-order valence-corrected chi connectivity index (χ0v) is 27.2. The molecule has 11 nitrogen and oxygen atoms in total. The summed E-state index contributed by atoms with van der Waals surface area (Å²) in [5.41, 5.74) is 0.727. The van der Waals surface area contributed by atoms with Crippen molar-refractivity contribution in [1.82, 2.24) is 10.2 Å². The van der Waals surface area contributed by atoms with Crippen molar-refractivity contribution in [3.8, 4) is 23.0 Å². The Bertz CT molecular complexity index is 1570. The van der Waals surface area contributed by atoms with Crippen molar-refractivity contribution >= 4 is 39.1 Å². The number of methoxy groups -OCH3 is 4. The molecule has 13 heteroatoms. The third-order valence-corrected chi connectivity index (χ3v) is 8.85. The minimum atomic E-state index is -4.44. The fourth-order valence-corrected chi connectivity index (χ4v) is 6.25. The van der Waals surface area contributed by atoms with E-state index in [0.717, 1.165) is 4.31 Å². The lowest BCUT2D eigenvalue weighted by molar-refractivity contribution is -0.140. The molecule has 0 saturated carbocycles. The molecule has 0 saturated heterocycles. The average Bonchev–Trinajstić information content (AvgIpc) is 3.03. The Labute approximate surface area is 263 Å². The van der Waals surface area contributed by atoms with Crippen molar-refractivity contribution < 1.29 is 37.0 Å². The highest BCUT2D eigenvalue weighted by molar-refractivity contribution is 7.92. The van der Waals surface area contributed by atoms with Gasteiger partial charge in [0.1, 0.15) is 24.1 Å². The maximum atomic E-state index is 14.3. The van der Waals surface area contributed by atoms with Crippen molar-refractivity contribution in [3.63, 3.8) is 0 Å². The molecule has 0 aliphatic rings. The lowest BCUT2D eigenvalue weighted by Gasteiger charge is -2.33. The normalized spacial score (nSPS) is 11.7. The number of ether oxygens (including phenoxy) is 4. The van der Waals surface area contributed by atoms with Crippen molar-refractivity contribution in [1.29, 1.82) is 0 Å². The molecule has 0 radical (unpaired) electrons. The molecule has 1 atom stereocenters. The molecule has 44 heavy (non-hydrogen) atoms. The Morgan fingerprint density at radius 3 is 2.16 bits per heavy atom. The van der Waals surface area contributed by atoms with Gasteiger partial charge in [-0.3, -0.25) is 13.9 Å². The van der Waals surface area contributed by atoms with Gasteiger partial charge in [0.25, 0.3) is 10.0 Å². The van der Waals surface area contributed by atoms with Gasteiger partial charge in [0, 0.05) is 24.2 Å². The van der Waals surface area contributed by atoms with Crippen LogP contribution >= 0.6 is 11.6 Å². The van der Waals surface area contributed by atoms with Crippen molar-refractivity contribution in [2.24, 2.45) is 0 Å². The summed E-state index contributed by atoms with van der Waals surface area (Å²) in [4.78, 5) is 28.6. The third kappa shape index (κ3) is 7.86. The predicted molar refractivity (Wildman–Crippen MR) is 168 cm³/mol. The number of nitrogens with zero attached hydrogens (tertiary/aromatic N) is 2. The van der Waals surface area contributed by atoms with Crippen LogP contribution in [0.15, 0.2) is 65.6 Å². The number of carbonyl (C=O) groups excluding carboxylic acids is 2. The van der Waals surface area contributed by atoms with Crippen LogP contribution in [-0.2, 0) is 26.2 Å². The van der Waals surface area contributed by atoms with Crippen LogP contribution in [0.2, 0.25) is 5.02 Å². The average molecular weight is 648 g/mol. The smallest absolute Gasteiger partial charge is 0.265 e. The lowest BCUT2D eigenvalue weighted by Crippen LogP contribution is -2.52. The maximum absolute atomic E-state index is 14.3. The van der Waals surface area contributed by atoms with Crippen molar-refractivity contribution in [3.05, 3.63) is 71.2 Å². The highest BCUT2D eigenvalue weighted by atomic mass is 35.5. The predicted octanol–water partition coefficient (Wildman–Crippen LogP) is 4.51. The quantitative estimate of drug-likeness (QED) is 0.256. The van der Waals surface area contributed by atoms with Crippen molar-refractivity contribution in [2.45, 2.75) is 37.8 Å². The zero-order valence-electron chi connectivity index (χ0n) is 25.6. The van der Waals surface area contributed by atoms with Crippen LogP contribution in [-0.4, -0.2) is 72.7 Å². The Kier molecular flexibility index (Phi) is 12.1. The van der Waals surface area contributed by atoms with Crippen LogP contribution in [0.4, 0.5) is 5.69 Å². The molecule has 0 heterocycles. The Balaban J connectivity index is 2.18. The van der Waals surface area contributed by atoms with Gasteiger partial charge in [0.2, 0.25) is 11.8 Å². The molecule has 1 N–H and O–H groups in total. The first-order valence-electron chi connectivity index (χ1n) is 13.8. The summed E-state index contributed by atoms with van der Waals surface area (Å²) < 4.78 is 51.0. The fourth-order valence-electron chi connectivity index (χ4n) is 4.65. The number of hydrogen-bond donors (Lipinski definition) is 1. The number of anilines is 1. The summed E-state index contributed by atoms with van der Waals surface area (Å²) in [7, 11) is 1.29. The minimum absolute atomic E-state index is 0.0165. The van der Waals surface area contributed by atoms with Crippen LogP contribution in [0.1, 0.15) is 25.8 Å². The molecule has 0 aromatic heterocycles. The summed E-state index contributed by atoms with van der Waals surface area (Å²) in [5.74, 6) is 0.257. The van der Waals surface area contributed by atoms with Gasteiger partial charge >= 0.3 is 0 Å². The Morgan fingerprint density at radius 1 is 0.864 bits per heavy atom. The molecule has 1 unspecified atom stereocenters. The summed E-state index contributed by atoms with van der Waals surface area (Å²) in [6, 6.07) is 14.8. The largest absolute Gasteiger partial charge is 0.497 e. The van der Waals surface area contributed by atoms with E-state index in [1.807, 2.05) is 0 Å². The summed E-state index contributed by atoms with van der Waals surface area (Å²) in [6.07, 6.45) is 0.282. The molecule has 2 amide bonds. The number of likely N-dealkylation sites (N-methyl/N-ethyl adjacent to an activating group) is 1. The minimum Gasteiger partial charge on any atom is -0.497 e. The first-order valence-corrected chi connectivity index (χ1v) is 15.6. The molecule has 0 aliphatic heterocycles. The van der Waals surface area contributed by atoms with Gasteiger partial charge in [0.05, 0.1) is 39.0 Å². The Morgan fingerprint density at radius 2 is 1.55 bits per heavy atom. The van der Waals surface area contributed by atoms with E-state index in [9.17, 15) is 18.0 Å². The van der Waals surface area contributed by atoms with Gasteiger partial charge in [-0.1, -0.05) is 30.7 Å². The number of benzene rings is 3. The molecule has 3 aromatic rings. The van der Waals surface area contributed by atoms with Gasteiger partial charge in [0.15, 0.2) is 11.5 Å². The van der Waals surface area contributed by atoms with Crippen LogP contribution in [0.5, 0.6) is 23.0 Å². The Hall–Kier alpha value is -4.16. The molecule has 0 fully saturated rings. The third-order valence-electron chi connectivity index (χ3n) is 6.86. The maximum Gasteiger partial charge on any atom is 0.265 e. The molecule has 3 aromatic carbocycles. The fraction of sp³-hybridized carbons (Fsp3) is 0.355. The number of sulfonamides is 1. The lowest BCUT2D eigenvalue weighted by atomic mass is 10.1. The van der Waals surface area contributed by atoms with Crippen molar-refractivity contribution in [2.75, 3.05) is 45.8 Å². The summed E-state index contributed by atoms with van der Waals surface area (Å²) >= 11 is 6.31. The standard InChI is InChI=1S/C31H38ClN3O8S/c1-7-25(31(37)33-8-2)34(19-21-10-9-11-23(16-21)40-3)30(36)20-35(26-17-22(32)12-14-27(26)41-4)44(38,39)24-13-15-28(42-5)29(18-24)43-6/h9-18,25H,7-8,19-20H2,1-6H3,(H,33,37). The van der Waals surface area contributed by atoms with Crippen LogP contribution in [0, 0.1) is 0 Å². The summed E-state index contributed by atoms with van der Waals surface area (Å²) in [6.45, 7) is 3.26. The van der Waals surface area contributed by atoms with E-state index >= 15 is 0 Å². The van der Waals surface area contributed by atoms with Gasteiger partial charge < -0.3 is 29.2 Å². The number of rotatable bonds is 15. The van der Waals surface area contributed by atoms with E-state index in [-0.39, 0.29) is 46.0 Å². The van der Waals surface area contributed by atoms with Gasteiger partial charge in [-0.25, -0.2) is 8.42 Å². The second-order valence-electron chi connectivity index (χ2n) is 9.54. The first kappa shape index (κ1) is 34.3.